The molecule has 0 radical (unpaired) electrons. The summed E-state index contributed by atoms with van der Waals surface area (Å²) >= 11 is 0. The summed E-state index contributed by atoms with van der Waals surface area (Å²) in [5.41, 5.74) is 1.92. The van der Waals surface area contributed by atoms with Crippen molar-refractivity contribution >= 4 is 11.6 Å². The maximum Gasteiger partial charge on any atom is 0.243 e. The number of nitrogens with zero attached hydrogens (tertiary/aromatic N) is 3. The Morgan fingerprint density at radius 3 is 3.07 bits per heavy atom. The lowest BCUT2D eigenvalue weighted by atomic mass is 10.3. The van der Waals surface area contributed by atoms with Gasteiger partial charge in [0.15, 0.2) is 5.65 Å². The van der Waals surface area contributed by atoms with Crippen molar-refractivity contribution in [3.05, 3.63) is 23.9 Å². The van der Waals surface area contributed by atoms with E-state index in [1.807, 2.05) is 32.2 Å². The van der Waals surface area contributed by atoms with E-state index in [1.165, 1.54) is 0 Å². The number of rotatable bonds is 3. The third kappa shape index (κ3) is 1.92. The summed E-state index contributed by atoms with van der Waals surface area (Å²) in [6.45, 7) is 3.93. The molecule has 0 aliphatic carbocycles. The fourth-order valence-corrected chi connectivity index (χ4v) is 1.37. The van der Waals surface area contributed by atoms with Crippen LogP contribution in [0.15, 0.2) is 18.3 Å². The van der Waals surface area contributed by atoms with Gasteiger partial charge in [0.2, 0.25) is 5.95 Å². The van der Waals surface area contributed by atoms with Gasteiger partial charge in [0, 0.05) is 12.2 Å². The van der Waals surface area contributed by atoms with Crippen molar-refractivity contribution in [1.82, 2.24) is 14.6 Å². The van der Waals surface area contributed by atoms with Gasteiger partial charge in [0.05, 0.1) is 6.61 Å². The maximum absolute atomic E-state index is 8.90. The number of aliphatic hydroxyl groups is 1. The summed E-state index contributed by atoms with van der Waals surface area (Å²) in [4.78, 5) is 4.33. The third-order valence-corrected chi connectivity index (χ3v) is 2.21. The van der Waals surface area contributed by atoms with Gasteiger partial charge in [0.1, 0.15) is 0 Å². The SMILES string of the molecule is Cc1cccn2nc(NC(C)CO)nc12. The predicted molar refractivity (Wildman–Crippen MR) is 57.9 cm³/mol. The molecule has 5 nitrogen and oxygen atoms in total. The zero-order valence-electron chi connectivity index (χ0n) is 8.81. The Balaban J connectivity index is 2.35. The normalized spacial score (nSPS) is 13.0. The number of nitrogens with one attached hydrogen (secondary N) is 1. The lowest BCUT2D eigenvalue weighted by Crippen LogP contribution is -2.20. The van der Waals surface area contributed by atoms with Crippen molar-refractivity contribution < 1.29 is 5.11 Å². The van der Waals surface area contributed by atoms with Gasteiger partial charge in [0.25, 0.3) is 0 Å². The number of aromatic nitrogens is 3. The first-order chi connectivity index (χ1) is 7.20. The van der Waals surface area contributed by atoms with E-state index in [2.05, 4.69) is 15.4 Å². The zero-order chi connectivity index (χ0) is 10.8. The molecule has 0 aliphatic heterocycles. The quantitative estimate of drug-likeness (QED) is 0.780. The van der Waals surface area contributed by atoms with Crippen LogP contribution in [0.5, 0.6) is 0 Å². The Kier molecular flexibility index (Phi) is 2.55. The highest BCUT2D eigenvalue weighted by Gasteiger charge is 2.07. The Hall–Kier alpha value is -1.62. The minimum absolute atomic E-state index is 0.0391. The molecule has 1 unspecified atom stereocenters. The van der Waals surface area contributed by atoms with E-state index in [1.54, 1.807) is 4.52 Å². The molecular weight excluding hydrogens is 192 g/mol. The van der Waals surface area contributed by atoms with E-state index in [9.17, 15) is 0 Å². The van der Waals surface area contributed by atoms with Gasteiger partial charge in [-0.3, -0.25) is 0 Å². The van der Waals surface area contributed by atoms with Crippen LogP contribution in [0.25, 0.3) is 5.65 Å². The number of aliphatic hydroxyl groups excluding tert-OH is 1. The number of hydrogen-bond acceptors (Lipinski definition) is 4. The number of hydrogen-bond donors (Lipinski definition) is 2. The highest BCUT2D eigenvalue weighted by Crippen LogP contribution is 2.10. The second kappa shape index (κ2) is 3.86. The van der Waals surface area contributed by atoms with E-state index in [0.29, 0.717) is 5.95 Å². The molecule has 2 N–H and O–H groups in total. The van der Waals surface area contributed by atoms with Crippen LogP contribution in [0, 0.1) is 6.92 Å². The van der Waals surface area contributed by atoms with Crippen LogP contribution in [-0.4, -0.2) is 32.4 Å². The summed E-state index contributed by atoms with van der Waals surface area (Å²) < 4.78 is 1.72. The van der Waals surface area contributed by atoms with Crippen LogP contribution in [0.4, 0.5) is 5.95 Å². The molecule has 15 heavy (non-hydrogen) atoms. The average molecular weight is 206 g/mol. The molecular formula is C10H14N4O. The molecule has 0 fully saturated rings. The molecule has 0 saturated heterocycles. The van der Waals surface area contributed by atoms with E-state index in [0.717, 1.165) is 11.2 Å². The number of fused-ring (bicyclic) bond motifs is 1. The first-order valence-corrected chi connectivity index (χ1v) is 4.90. The smallest absolute Gasteiger partial charge is 0.243 e. The summed E-state index contributed by atoms with van der Waals surface area (Å²) in [6, 6.07) is 3.88. The largest absolute Gasteiger partial charge is 0.394 e. The highest BCUT2D eigenvalue weighted by atomic mass is 16.3. The van der Waals surface area contributed by atoms with E-state index in [4.69, 9.17) is 5.11 Å². The Bertz CT molecular complexity index is 465. The second-order valence-corrected chi connectivity index (χ2v) is 3.62. The third-order valence-electron chi connectivity index (χ3n) is 2.21. The van der Waals surface area contributed by atoms with E-state index >= 15 is 0 Å². The molecule has 2 rings (SSSR count). The van der Waals surface area contributed by atoms with Crippen LogP contribution in [-0.2, 0) is 0 Å². The van der Waals surface area contributed by atoms with Crippen molar-refractivity contribution in [3.8, 4) is 0 Å². The van der Waals surface area contributed by atoms with Gasteiger partial charge < -0.3 is 10.4 Å². The minimum atomic E-state index is -0.0391. The van der Waals surface area contributed by atoms with Crippen molar-refractivity contribution in [2.24, 2.45) is 0 Å². The molecule has 0 aliphatic rings. The fraction of sp³-hybridized carbons (Fsp3) is 0.400. The van der Waals surface area contributed by atoms with Crippen LogP contribution >= 0.6 is 0 Å². The summed E-state index contributed by atoms with van der Waals surface area (Å²) in [7, 11) is 0. The first-order valence-electron chi connectivity index (χ1n) is 4.90. The van der Waals surface area contributed by atoms with Gasteiger partial charge in [-0.1, -0.05) is 6.07 Å². The topological polar surface area (TPSA) is 62.5 Å². The molecule has 0 bridgehead atoms. The van der Waals surface area contributed by atoms with Gasteiger partial charge in [-0.05, 0) is 25.5 Å². The number of pyridine rings is 1. The maximum atomic E-state index is 8.90. The second-order valence-electron chi connectivity index (χ2n) is 3.62. The van der Waals surface area contributed by atoms with Crippen molar-refractivity contribution in [2.45, 2.75) is 19.9 Å². The lowest BCUT2D eigenvalue weighted by molar-refractivity contribution is 0.281. The number of anilines is 1. The van der Waals surface area contributed by atoms with E-state index in [-0.39, 0.29) is 12.6 Å². The van der Waals surface area contributed by atoms with Crippen molar-refractivity contribution in [3.63, 3.8) is 0 Å². The molecule has 0 spiro atoms. The monoisotopic (exact) mass is 206 g/mol. The van der Waals surface area contributed by atoms with Crippen LogP contribution in [0.2, 0.25) is 0 Å². The molecule has 5 heteroatoms. The zero-order valence-corrected chi connectivity index (χ0v) is 8.81. The van der Waals surface area contributed by atoms with Gasteiger partial charge >= 0.3 is 0 Å². The van der Waals surface area contributed by atoms with Crippen LogP contribution < -0.4 is 5.32 Å². The van der Waals surface area contributed by atoms with Gasteiger partial charge in [-0.25, -0.2) is 4.52 Å². The van der Waals surface area contributed by atoms with Gasteiger partial charge in [-0.15, -0.1) is 5.10 Å². The highest BCUT2D eigenvalue weighted by molar-refractivity contribution is 5.49. The summed E-state index contributed by atoms with van der Waals surface area (Å²) in [5.74, 6) is 0.547. The Morgan fingerprint density at radius 2 is 2.40 bits per heavy atom. The van der Waals surface area contributed by atoms with Gasteiger partial charge in [-0.2, -0.15) is 4.98 Å². The predicted octanol–water partition coefficient (Wildman–Crippen LogP) is 0.830. The Labute approximate surface area is 87.8 Å². The average Bonchev–Trinajstić information content (AvgIpc) is 2.62. The van der Waals surface area contributed by atoms with Crippen LogP contribution in [0.1, 0.15) is 12.5 Å². The molecule has 2 aromatic heterocycles. The Morgan fingerprint density at radius 1 is 1.60 bits per heavy atom. The van der Waals surface area contributed by atoms with Crippen molar-refractivity contribution in [2.75, 3.05) is 11.9 Å². The van der Waals surface area contributed by atoms with E-state index < -0.39 is 0 Å². The lowest BCUT2D eigenvalue weighted by Gasteiger charge is -2.06. The molecule has 0 aromatic carbocycles. The standard InChI is InChI=1S/C10H14N4O/c1-7-4-3-5-14-9(7)12-10(13-14)11-8(2)6-15/h3-5,8,15H,6H2,1-2H3,(H,11,13). The fourth-order valence-electron chi connectivity index (χ4n) is 1.37. The molecule has 0 amide bonds. The van der Waals surface area contributed by atoms with Crippen molar-refractivity contribution in [1.29, 1.82) is 0 Å². The molecule has 0 saturated carbocycles. The van der Waals surface area contributed by atoms with Crippen LogP contribution in [0.3, 0.4) is 0 Å². The molecule has 1 atom stereocenters. The first kappa shape index (κ1) is 9.92. The summed E-state index contributed by atoms with van der Waals surface area (Å²) in [6.07, 6.45) is 1.85. The summed E-state index contributed by atoms with van der Waals surface area (Å²) in [5, 5.41) is 16.2. The molecule has 2 aromatic rings. The molecule has 2 heterocycles. The number of aryl methyl sites for hydroxylation is 1. The molecule has 80 valence electrons. The minimum Gasteiger partial charge on any atom is -0.394 e.